The van der Waals surface area contributed by atoms with Crippen LogP contribution in [0.5, 0.6) is 0 Å². The zero-order chi connectivity index (χ0) is 20.2. The maximum atomic E-state index is 4.97. The second-order valence-electron chi connectivity index (χ2n) is 8.23. The Morgan fingerprint density at radius 1 is 1.10 bits per heavy atom. The van der Waals surface area contributed by atoms with E-state index in [1.165, 1.54) is 23.2 Å². The van der Waals surface area contributed by atoms with Crippen molar-refractivity contribution in [2.75, 3.05) is 27.7 Å². The molecule has 1 aliphatic carbocycles. The molecule has 2 heterocycles. The van der Waals surface area contributed by atoms with Crippen LogP contribution in [0.25, 0.3) is 11.0 Å². The maximum Gasteiger partial charge on any atom is 0.124 e. The number of allylic oxidation sites excluding steroid dienone is 1. The Bertz CT molecular complexity index is 988. The molecule has 1 unspecified atom stereocenters. The number of pyridine rings is 1. The molecular weight excluding hydrogens is 358 g/mol. The van der Waals surface area contributed by atoms with E-state index in [0.29, 0.717) is 6.04 Å². The Morgan fingerprint density at radius 2 is 1.97 bits per heavy atom. The number of benzene rings is 1. The minimum Gasteiger partial charge on any atom is -0.323 e. The van der Waals surface area contributed by atoms with Gasteiger partial charge in [-0.05, 0) is 64.2 Å². The average Bonchev–Trinajstić information content (AvgIpc) is 3.07. The number of hydrogen-bond acceptors (Lipinski definition) is 4. The van der Waals surface area contributed by atoms with Crippen LogP contribution in [0.4, 0.5) is 0 Å². The van der Waals surface area contributed by atoms with E-state index in [2.05, 4.69) is 84.1 Å². The van der Waals surface area contributed by atoms with Crippen molar-refractivity contribution in [2.45, 2.75) is 38.4 Å². The van der Waals surface area contributed by atoms with Crippen LogP contribution >= 0.6 is 0 Å². The molecule has 0 N–H and O–H groups in total. The second kappa shape index (κ2) is 8.89. The summed E-state index contributed by atoms with van der Waals surface area (Å²) in [5.41, 5.74) is 4.91. The molecule has 2 aromatic heterocycles. The van der Waals surface area contributed by atoms with Crippen molar-refractivity contribution in [3.05, 3.63) is 71.8 Å². The summed E-state index contributed by atoms with van der Waals surface area (Å²) in [4.78, 5) is 14.3. The summed E-state index contributed by atoms with van der Waals surface area (Å²) in [5, 5.41) is 0. The molecule has 152 valence electrons. The summed E-state index contributed by atoms with van der Waals surface area (Å²) in [6.07, 6.45) is 9.91. The summed E-state index contributed by atoms with van der Waals surface area (Å²) < 4.78 is 2.35. The van der Waals surface area contributed by atoms with Gasteiger partial charge < -0.3 is 9.47 Å². The predicted molar refractivity (Wildman–Crippen MR) is 119 cm³/mol. The Balaban J connectivity index is 1.59. The van der Waals surface area contributed by atoms with Gasteiger partial charge in [-0.2, -0.15) is 0 Å². The van der Waals surface area contributed by atoms with Gasteiger partial charge in [0.2, 0.25) is 0 Å². The Kier molecular flexibility index (Phi) is 6.07. The highest BCUT2D eigenvalue weighted by atomic mass is 15.2. The van der Waals surface area contributed by atoms with Crippen molar-refractivity contribution in [3.63, 3.8) is 0 Å². The van der Waals surface area contributed by atoms with Gasteiger partial charge >= 0.3 is 0 Å². The van der Waals surface area contributed by atoms with E-state index >= 15 is 0 Å². The number of aromatic nitrogens is 3. The zero-order valence-electron chi connectivity index (χ0n) is 17.8. The highest BCUT2D eigenvalue weighted by Crippen LogP contribution is 2.32. The molecule has 4 rings (SSSR count). The lowest BCUT2D eigenvalue weighted by molar-refractivity contribution is 0.202. The van der Waals surface area contributed by atoms with Gasteiger partial charge in [-0.1, -0.05) is 30.4 Å². The van der Waals surface area contributed by atoms with E-state index in [4.69, 9.17) is 9.97 Å². The highest BCUT2D eigenvalue weighted by Gasteiger charge is 2.26. The third-order valence-electron chi connectivity index (χ3n) is 5.75. The Labute approximate surface area is 173 Å². The fourth-order valence-electron chi connectivity index (χ4n) is 4.26. The molecule has 0 radical (unpaired) electrons. The van der Waals surface area contributed by atoms with Crippen molar-refractivity contribution < 1.29 is 0 Å². The molecule has 1 aromatic carbocycles. The molecule has 0 aliphatic heterocycles. The molecule has 0 fully saturated rings. The maximum absolute atomic E-state index is 4.97. The normalized spacial score (nSPS) is 16.9. The topological polar surface area (TPSA) is 37.2 Å². The van der Waals surface area contributed by atoms with Crippen LogP contribution in [-0.2, 0) is 19.5 Å². The van der Waals surface area contributed by atoms with Gasteiger partial charge in [-0.3, -0.25) is 9.88 Å². The predicted octanol–water partition coefficient (Wildman–Crippen LogP) is 4.06. The first-order chi connectivity index (χ1) is 14.1. The van der Waals surface area contributed by atoms with E-state index in [0.717, 1.165) is 43.8 Å². The SMILES string of the molecule is CN(C)C/C=C\Cn1c(CN(C)C2CCCc3cccnc32)nc2ccccc21. The Hall–Kier alpha value is -2.50. The Morgan fingerprint density at radius 3 is 2.83 bits per heavy atom. The van der Waals surface area contributed by atoms with Crippen molar-refractivity contribution in [1.82, 2.24) is 24.3 Å². The molecule has 0 saturated carbocycles. The summed E-state index contributed by atoms with van der Waals surface area (Å²) in [7, 11) is 6.39. The third kappa shape index (κ3) is 4.41. The molecule has 0 amide bonds. The average molecular weight is 390 g/mol. The molecule has 29 heavy (non-hydrogen) atoms. The molecule has 0 bridgehead atoms. The summed E-state index contributed by atoms with van der Waals surface area (Å²) in [6, 6.07) is 13.1. The smallest absolute Gasteiger partial charge is 0.124 e. The van der Waals surface area contributed by atoms with E-state index in [9.17, 15) is 0 Å². The number of fused-ring (bicyclic) bond motifs is 2. The van der Waals surface area contributed by atoms with Gasteiger partial charge in [0.25, 0.3) is 0 Å². The molecule has 1 aliphatic rings. The first-order valence-corrected chi connectivity index (χ1v) is 10.5. The van der Waals surface area contributed by atoms with Crippen molar-refractivity contribution in [3.8, 4) is 0 Å². The van der Waals surface area contributed by atoms with Crippen LogP contribution < -0.4 is 0 Å². The zero-order valence-corrected chi connectivity index (χ0v) is 17.8. The molecule has 5 heteroatoms. The van der Waals surface area contributed by atoms with Crippen molar-refractivity contribution in [1.29, 1.82) is 0 Å². The van der Waals surface area contributed by atoms with Gasteiger partial charge in [0, 0.05) is 19.3 Å². The van der Waals surface area contributed by atoms with Crippen LogP contribution in [-0.4, -0.2) is 52.0 Å². The van der Waals surface area contributed by atoms with Crippen LogP contribution in [0, 0.1) is 0 Å². The second-order valence-corrected chi connectivity index (χ2v) is 8.23. The van der Waals surface area contributed by atoms with Gasteiger partial charge in [-0.25, -0.2) is 4.98 Å². The van der Waals surface area contributed by atoms with Crippen LogP contribution in [0.15, 0.2) is 54.7 Å². The third-order valence-corrected chi connectivity index (χ3v) is 5.75. The minimum absolute atomic E-state index is 0.359. The van der Waals surface area contributed by atoms with Crippen molar-refractivity contribution >= 4 is 11.0 Å². The monoisotopic (exact) mass is 389 g/mol. The molecule has 3 aromatic rings. The van der Waals surface area contributed by atoms with Gasteiger partial charge in [-0.15, -0.1) is 0 Å². The summed E-state index contributed by atoms with van der Waals surface area (Å²) in [5.74, 6) is 1.12. The first kappa shape index (κ1) is 19.8. The number of hydrogen-bond donors (Lipinski definition) is 0. The number of likely N-dealkylation sites (N-methyl/N-ethyl adjacent to an activating group) is 1. The molecular formula is C24H31N5. The fourth-order valence-corrected chi connectivity index (χ4v) is 4.26. The van der Waals surface area contributed by atoms with Crippen LogP contribution in [0.1, 0.15) is 36.0 Å². The lowest BCUT2D eigenvalue weighted by atomic mass is 9.91. The lowest BCUT2D eigenvalue weighted by Gasteiger charge is -2.32. The number of nitrogens with zero attached hydrogens (tertiary/aromatic N) is 5. The standard InChI is InChI=1S/C24H31N5/c1-27(2)16-6-7-17-29-21-13-5-4-12-20(21)26-23(29)18-28(3)22-14-8-10-19-11-9-15-25-24(19)22/h4-7,9,11-13,15,22H,8,10,14,16-18H2,1-3H3/b7-6-. The number of imidazole rings is 1. The minimum atomic E-state index is 0.359. The van der Waals surface area contributed by atoms with Crippen LogP contribution in [0.3, 0.4) is 0 Å². The summed E-state index contributed by atoms with van der Waals surface area (Å²) in [6.45, 7) is 2.61. The van der Waals surface area contributed by atoms with Gasteiger partial charge in [0.1, 0.15) is 5.82 Å². The molecule has 5 nitrogen and oxygen atoms in total. The van der Waals surface area contributed by atoms with E-state index < -0.39 is 0 Å². The first-order valence-electron chi connectivity index (χ1n) is 10.5. The quantitative estimate of drug-likeness (QED) is 0.571. The summed E-state index contributed by atoms with van der Waals surface area (Å²) >= 11 is 0. The molecule has 0 saturated heterocycles. The number of rotatable bonds is 7. The molecule has 0 spiro atoms. The number of aryl methyl sites for hydroxylation is 1. The van der Waals surface area contributed by atoms with Crippen LogP contribution in [0.2, 0.25) is 0 Å². The fraction of sp³-hybridized carbons (Fsp3) is 0.417. The van der Waals surface area contributed by atoms with Gasteiger partial charge in [0.05, 0.1) is 29.3 Å². The number of para-hydroxylation sites is 2. The van der Waals surface area contributed by atoms with Crippen molar-refractivity contribution in [2.24, 2.45) is 0 Å². The van der Waals surface area contributed by atoms with Gasteiger partial charge in [0.15, 0.2) is 0 Å². The van der Waals surface area contributed by atoms with E-state index in [-0.39, 0.29) is 0 Å². The largest absolute Gasteiger partial charge is 0.323 e. The highest BCUT2D eigenvalue weighted by molar-refractivity contribution is 5.75. The lowest BCUT2D eigenvalue weighted by Crippen LogP contribution is -2.29. The molecule has 1 atom stereocenters. The van der Waals surface area contributed by atoms with E-state index in [1.807, 2.05) is 6.20 Å². The van der Waals surface area contributed by atoms with E-state index in [1.54, 1.807) is 0 Å².